The molecule has 0 radical (unpaired) electrons. The van der Waals surface area contributed by atoms with Crippen LogP contribution in [0.2, 0.25) is 0 Å². The Morgan fingerprint density at radius 3 is 2.51 bits per heavy atom. The lowest BCUT2D eigenvalue weighted by Crippen LogP contribution is -2.59. The van der Waals surface area contributed by atoms with Gasteiger partial charge in [0, 0.05) is 12.2 Å². The summed E-state index contributed by atoms with van der Waals surface area (Å²) in [6.07, 6.45) is 9.99. The summed E-state index contributed by atoms with van der Waals surface area (Å²) < 4.78 is 12.6. The normalized spacial score (nSPS) is 33.3. The van der Waals surface area contributed by atoms with Crippen LogP contribution in [-0.2, 0) is 23.9 Å². The number of allylic oxidation sites excluding steroid dienone is 1. The van der Waals surface area contributed by atoms with Crippen LogP contribution in [0.15, 0.2) is 66.8 Å². The maximum absolute atomic E-state index is 14.7. The number of aliphatic hydroxyl groups excluding tert-OH is 1. The Balaban J connectivity index is 1.51. The summed E-state index contributed by atoms with van der Waals surface area (Å²) in [4.78, 5) is 46.1. The number of rotatable bonds is 4. The van der Waals surface area contributed by atoms with Crippen LogP contribution in [0.1, 0.15) is 40.0 Å². The number of likely N-dealkylation sites (tertiary alicyclic amines) is 1. The monoisotopic (exact) mass is 558 g/mol. The molecule has 6 atom stereocenters. The number of carbonyl (C=O) groups is 3. The van der Waals surface area contributed by atoms with Crippen molar-refractivity contribution in [3.05, 3.63) is 66.8 Å². The van der Waals surface area contributed by atoms with Gasteiger partial charge in [-0.2, -0.15) is 0 Å². The number of carbonyl (C=O) groups excluding carboxylic acids is 3. The lowest BCUT2D eigenvalue weighted by Gasteiger charge is -2.41. The quantitative estimate of drug-likeness (QED) is 0.450. The number of hydrogen-bond donors (Lipinski definition) is 1. The molecule has 4 aliphatic heterocycles. The molecule has 8 heteroatoms. The number of ether oxygens (including phenoxy) is 2. The van der Waals surface area contributed by atoms with Gasteiger partial charge in [0.15, 0.2) is 0 Å². The maximum Gasteiger partial charge on any atom is 0.313 e. The molecule has 216 valence electrons. The van der Waals surface area contributed by atoms with Gasteiger partial charge >= 0.3 is 5.97 Å². The number of anilines is 1. The van der Waals surface area contributed by atoms with Gasteiger partial charge in [0.05, 0.1) is 30.8 Å². The molecule has 2 fully saturated rings. The molecule has 8 nitrogen and oxygen atoms in total. The zero-order valence-corrected chi connectivity index (χ0v) is 23.9. The third kappa shape index (κ3) is 4.30. The maximum atomic E-state index is 14.7. The molecule has 1 unspecified atom stereocenters. The summed E-state index contributed by atoms with van der Waals surface area (Å²) in [5.74, 6) is -3.21. The molecule has 2 amide bonds. The number of cyclic esters (lactones) is 1. The van der Waals surface area contributed by atoms with Gasteiger partial charge in [-0.15, -0.1) is 0 Å². The van der Waals surface area contributed by atoms with Crippen LogP contribution in [0.5, 0.6) is 0 Å². The van der Waals surface area contributed by atoms with Crippen LogP contribution in [0.4, 0.5) is 5.69 Å². The Bertz CT molecular complexity index is 1430. The van der Waals surface area contributed by atoms with E-state index >= 15 is 0 Å². The molecule has 0 aromatic heterocycles. The predicted molar refractivity (Wildman–Crippen MR) is 155 cm³/mol. The minimum Gasteiger partial charge on any atom is -0.465 e. The molecule has 0 bridgehead atoms. The highest BCUT2D eigenvalue weighted by Gasteiger charge is 2.75. The average Bonchev–Trinajstić information content (AvgIpc) is 3.28. The number of benzene rings is 2. The van der Waals surface area contributed by atoms with Gasteiger partial charge in [-0.05, 0) is 55.0 Å². The SMILES string of the molecule is CC(C)[C@H](CO)N1C(=O)[C@@H]2[C@@H]3C(=O)OCCCC/C=C\[C@]3(C)O[C@@]23C=CCN(c2ccc4ccccc4c2)C(=O)C13. The van der Waals surface area contributed by atoms with Gasteiger partial charge in [0.2, 0.25) is 5.91 Å². The summed E-state index contributed by atoms with van der Waals surface area (Å²) >= 11 is 0. The first-order valence-corrected chi connectivity index (χ1v) is 14.7. The van der Waals surface area contributed by atoms with Crippen LogP contribution in [-0.4, -0.2) is 70.8 Å². The van der Waals surface area contributed by atoms with E-state index in [2.05, 4.69) is 0 Å². The van der Waals surface area contributed by atoms with Crippen molar-refractivity contribution in [3.63, 3.8) is 0 Å². The zero-order valence-electron chi connectivity index (χ0n) is 23.9. The molecule has 2 saturated heterocycles. The van der Waals surface area contributed by atoms with Gasteiger partial charge in [-0.1, -0.05) is 68.5 Å². The number of amides is 2. The molecule has 1 spiro atoms. The highest BCUT2D eigenvalue weighted by atomic mass is 16.6. The molecule has 1 N–H and O–H groups in total. The number of hydrogen-bond acceptors (Lipinski definition) is 6. The first-order chi connectivity index (χ1) is 19.7. The molecule has 6 rings (SSSR count). The van der Waals surface area contributed by atoms with E-state index in [1.807, 2.05) is 87.5 Å². The number of aliphatic hydroxyl groups is 1. The summed E-state index contributed by atoms with van der Waals surface area (Å²) in [6.45, 7) is 5.88. The molecular weight excluding hydrogens is 520 g/mol. The Morgan fingerprint density at radius 1 is 0.976 bits per heavy atom. The topological polar surface area (TPSA) is 96.4 Å². The summed E-state index contributed by atoms with van der Waals surface area (Å²) in [7, 11) is 0. The van der Waals surface area contributed by atoms with E-state index in [-0.39, 0.29) is 37.5 Å². The van der Waals surface area contributed by atoms with Crippen molar-refractivity contribution in [3.8, 4) is 0 Å². The van der Waals surface area contributed by atoms with Gasteiger partial charge in [-0.25, -0.2) is 0 Å². The fourth-order valence-electron chi connectivity index (χ4n) is 7.29. The number of nitrogens with zero attached hydrogens (tertiary/aromatic N) is 2. The van der Waals surface area contributed by atoms with Crippen LogP contribution in [0, 0.1) is 17.8 Å². The van der Waals surface area contributed by atoms with E-state index in [9.17, 15) is 19.5 Å². The Kier molecular flexibility index (Phi) is 7.02. The predicted octanol–water partition coefficient (Wildman–Crippen LogP) is 4.01. The molecule has 4 aliphatic rings. The number of fused-ring (bicyclic) bond motifs is 3. The van der Waals surface area contributed by atoms with E-state index in [1.165, 1.54) is 4.90 Å². The van der Waals surface area contributed by atoms with Crippen molar-refractivity contribution < 1.29 is 29.0 Å². The third-order valence-corrected chi connectivity index (χ3v) is 9.30. The summed E-state index contributed by atoms with van der Waals surface area (Å²) in [6, 6.07) is 12.1. The number of esters is 1. The second kappa shape index (κ2) is 10.4. The van der Waals surface area contributed by atoms with E-state index in [0.717, 1.165) is 30.0 Å². The smallest absolute Gasteiger partial charge is 0.313 e. The van der Waals surface area contributed by atoms with Crippen molar-refractivity contribution >= 4 is 34.2 Å². The standard InChI is InChI=1S/C33H38N2O6/c1-21(2)25(20-36)35-28-30(38)34(24-14-13-22-11-6-7-12-23(22)19-24)17-10-16-33(28)26(29(35)37)27-31(39)40-18-9-5-4-8-15-32(27,3)41-33/h6-8,10-16,19,21,25-28,36H,4-5,9,17-18,20H2,1-3H3/b15-8-/t25-,26-,27+,28?,32-,33-/m0/s1. The highest BCUT2D eigenvalue weighted by Crippen LogP contribution is 2.57. The van der Waals surface area contributed by atoms with Crippen molar-refractivity contribution in [1.29, 1.82) is 0 Å². The molecule has 0 aliphatic carbocycles. The molecule has 0 saturated carbocycles. The van der Waals surface area contributed by atoms with Gasteiger partial charge in [-0.3, -0.25) is 14.4 Å². The van der Waals surface area contributed by atoms with Gasteiger partial charge in [0.25, 0.3) is 5.91 Å². The third-order valence-electron chi connectivity index (χ3n) is 9.30. The lowest BCUT2D eigenvalue weighted by molar-refractivity contribution is -0.160. The van der Waals surface area contributed by atoms with Crippen LogP contribution in [0.3, 0.4) is 0 Å². The first-order valence-electron chi connectivity index (χ1n) is 14.7. The Hall–Kier alpha value is -3.49. The average molecular weight is 559 g/mol. The zero-order chi connectivity index (χ0) is 28.9. The molecule has 4 heterocycles. The second-order valence-electron chi connectivity index (χ2n) is 12.2. The van der Waals surface area contributed by atoms with E-state index in [1.54, 1.807) is 4.90 Å². The highest BCUT2D eigenvalue weighted by molar-refractivity contribution is 6.06. The first kappa shape index (κ1) is 27.7. The minimum absolute atomic E-state index is 0.142. The van der Waals surface area contributed by atoms with Crippen molar-refractivity contribution in [2.45, 2.75) is 63.3 Å². The van der Waals surface area contributed by atoms with Crippen LogP contribution in [0.25, 0.3) is 10.8 Å². The Labute approximate surface area is 240 Å². The fraction of sp³-hybridized carbons (Fsp3) is 0.485. The molecule has 2 aromatic rings. The van der Waals surface area contributed by atoms with Crippen LogP contribution >= 0.6 is 0 Å². The van der Waals surface area contributed by atoms with Crippen molar-refractivity contribution in [2.24, 2.45) is 17.8 Å². The van der Waals surface area contributed by atoms with E-state index in [4.69, 9.17) is 9.47 Å². The summed E-state index contributed by atoms with van der Waals surface area (Å²) in [5.41, 5.74) is -1.84. The minimum atomic E-state index is -1.40. The molecule has 2 aromatic carbocycles. The second-order valence-corrected chi connectivity index (χ2v) is 12.2. The van der Waals surface area contributed by atoms with E-state index < -0.39 is 41.1 Å². The lowest BCUT2D eigenvalue weighted by atomic mass is 9.74. The largest absolute Gasteiger partial charge is 0.465 e. The van der Waals surface area contributed by atoms with Crippen molar-refractivity contribution in [2.75, 3.05) is 24.7 Å². The van der Waals surface area contributed by atoms with Crippen LogP contribution < -0.4 is 4.90 Å². The van der Waals surface area contributed by atoms with E-state index in [0.29, 0.717) is 5.69 Å². The summed E-state index contributed by atoms with van der Waals surface area (Å²) in [5, 5.41) is 12.5. The fourth-order valence-corrected chi connectivity index (χ4v) is 7.29. The van der Waals surface area contributed by atoms with Crippen molar-refractivity contribution in [1.82, 2.24) is 4.90 Å². The van der Waals surface area contributed by atoms with Gasteiger partial charge in [0.1, 0.15) is 17.6 Å². The molecule has 41 heavy (non-hydrogen) atoms. The Morgan fingerprint density at radius 2 is 1.76 bits per heavy atom. The molecular formula is C33H38N2O6. The van der Waals surface area contributed by atoms with Gasteiger partial charge < -0.3 is 24.4 Å².